The molecule has 7 heteroatoms. The lowest BCUT2D eigenvalue weighted by Crippen LogP contribution is -2.55. The molecule has 4 aliphatic rings. The third kappa shape index (κ3) is 3.54. The number of nitrogens with two attached hydrogens (primary N) is 1. The topological polar surface area (TPSA) is 95.1 Å². The largest absolute Gasteiger partial charge is 0.325 e. The van der Waals surface area contributed by atoms with Crippen LogP contribution in [0.3, 0.4) is 0 Å². The normalized spacial score (nSPS) is 39.5. The molecular formula is C24H37N5O2. The highest BCUT2D eigenvalue weighted by Crippen LogP contribution is 2.65. The number of carbonyl (C=O) groups excluding carboxylic acids is 1. The predicted molar refractivity (Wildman–Crippen MR) is 117 cm³/mol. The van der Waals surface area contributed by atoms with Gasteiger partial charge in [0, 0.05) is 29.9 Å². The highest BCUT2D eigenvalue weighted by Gasteiger charge is 2.59. The number of rotatable bonds is 6. The average Bonchev–Trinajstić information content (AvgIpc) is 3.38. The van der Waals surface area contributed by atoms with Gasteiger partial charge in [-0.25, -0.2) is 4.68 Å². The summed E-state index contributed by atoms with van der Waals surface area (Å²) in [5.74, 6) is 2.87. The maximum Gasteiger partial charge on any atom is 0.163 e. The number of allylic oxidation sites excluding steroid dienone is 2. The Morgan fingerprint density at radius 2 is 2.10 bits per heavy atom. The molecule has 1 heterocycles. The number of carbonyl (C=O) groups is 1. The van der Waals surface area contributed by atoms with E-state index in [1.54, 1.807) is 4.68 Å². The monoisotopic (exact) mass is 427 g/mol. The van der Waals surface area contributed by atoms with Crippen LogP contribution >= 0.6 is 0 Å². The van der Waals surface area contributed by atoms with E-state index in [9.17, 15) is 4.79 Å². The van der Waals surface area contributed by atoms with Crippen molar-refractivity contribution in [2.75, 3.05) is 6.61 Å². The van der Waals surface area contributed by atoms with Gasteiger partial charge in [-0.1, -0.05) is 25.5 Å². The Bertz CT molecular complexity index is 866. The van der Waals surface area contributed by atoms with E-state index in [0.717, 1.165) is 36.1 Å². The van der Waals surface area contributed by atoms with Crippen LogP contribution in [0.25, 0.3) is 0 Å². The number of nitrogens with one attached hydrogen (secondary N) is 1. The van der Waals surface area contributed by atoms with Gasteiger partial charge < -0.3 is 5.73 Å². The fourth-order valence-corrected chi connectivity index (χ4v) is 7.66. The van der Waals surface area contributed by atoms with Gasteiger partial charge in [-0.3, -0.25) is 15.1 Å². The summed E-state index contributed by atoms with van der Waals surface area (Å²) in [4.78, 5) is 19.1. The van der Waals surface area contributed by atoms with Gasteiger partial charge in [0.2, 0.25) is 0 Å². The molecule has 0 aliphatic heterocycles. The molecule has 3 saturated carbocycles. The lowest BCUT2D eigenvalue weighted by Gasteiger charge is -2.58. The Morgan fingerprint density at radius 3 is 2.90 bits per heavy atom. The molecule has 0 amide bonds. The zero-order chi connectivity index (χ0) is 21.6. The molecule has 170 valence electrons. The summed E-state index contributed by atoms with van der Waals surface area (Å²) in [5, 5.41) is 8.00. The molecule has 4 aliphatic carbocycles. The number of hydrogen-bond donors (Lipinski definition) is 2. The van der Waals surface area contributed by atoms with Gasteiger partial charge in [-0.15, -0.1) is 5.10 Å². The number of nitrogens with zero attached hydrogens (tertiary/aromatic N) is 3. The van der Waals surface area contributed by atoms with Gasteiger partial charge >= 0.3 is 0 Å². The zero-order valence-corrected chi connectivity index (χ0v) is 19.0. The van der Waals surface area contributed by atoms with Crippen LogP contribution in [0.1, 0.15) is 70.9 Å². The third-order valence-electron chi connectivity index (χ3n) is 9.41. The van der Waals surface area contributed by atoms with Crippen molar-refractivity contribution < 1.29 is 9.63 Å². The predicted octanol–water partition coefficient (Wildman–Crippen LogP) is 3.36. The molecular weight excluding hydrogens is 390 g/mol. The highest BCUT2D eigenvalue weighted by atomic mass is 16.6. The van der Waals surface area contributed by atoms with Crippen LogP contribution < -0.4 is 11.2 Å². The van der Waals surface area contributed by atoms with Crippen molar-refractivity contribution in [3.8, 4) is 0 Å². The summed E-state index contributed by atoms with van der Waals surface area (Å²) < 4.78 is 1.72. The fraction of sp³-hybridized carbons (Fsp3) is 0.792. The molecule has 0 radical (unpaired) electrons. The molecule has 5 rings (SSSR count). The summed E-state index contributed by atoms with van der Waals surface area (Å²) in [5.41, 5.74) is 10.7. The van der Waals surface area contributed by atoms with Crippen LogP contribution in [0.5, 0.6) is 0 Å². The first kappa shape index (κ1) is 21.1. The van der Waals surface area contributed by atoms with Crippen molar-refractivity contribution in [3.63, 3.8) is 0 Å². The van der Waals surface area contributed by atoms with Crippen molar-refractivity contribution in [2.45, 2.75) is 78.3 Å². The number of fused-ring (bicyclic) bond motifs is 5. The Balaban J connectivity index is 1.22. The number of hydrogen-bond acceptors (Lipinski definition) is 6. The molecule has 0 saturated heterocycles. The zero-order valence-electron chi connectivity index (χ0n) is 19.0. The SMILES string of the molecule is C[C@@]12CCCC1C1CCC3CC(NOCCn4cc(CN)nn4)=CC(=O)[C@]3(C)C1CC2. The summed E-state index contributed by atoms with van der Waals surface area (Å²) in [7, 11) is 0. The summed E-state index contributed by atoms with van der Waals surface area (Å²) >= 11 is 0. The molecule has 3 N–H and O–H groups in total. The standard InChI is InChI=1S/C24H37N5O2/c1-23-8-3-4-20(23)19-6-5-16-12-17(13-22(30)24(16,2)21(19)7-9-23)27-31-11-10-29-15-18(14-25)26-28-29/h13,15-16,19-21,27H,3-12,14,25H2,1-2H3/t16?,19?,20?,21?,23-,24-/m0/s1. The lowest BCUT2D eigenvalue weighted by atomic mass is 9.45. The van der Waals surface area contributed by atoms with Crippen molar-refractivity contribution >= 4 is 5.78 Å². The Labute approximate surface area is 185 Å². The van der Waals surface area contributed by atoms with Crippen molar-refractivity contribution in [1.82, 2.24) is 20.5 Å². The van der Waals surface area contributed by atoms with E-state index in [1.165, 1.54) is 38.5 Å². The first-order valence-electron chi connectivity index (χ1n) is 12.2. The Kier molecular flexibility index (Phi) is 5.45. The molecule has 0 bridgehead atoms. The van der Waals surface area contributed by atoms with E-state index in [2.05, 4.69) is 29.6 Å². The average molecular weight is 428 g/mol. The van der Waals surface area contributed by atoms with Gasteiger partial charge in [-0.05, 0) is 74.0 Å². The maximum absolute atomic E-state index is 13.5. The maximum atomic E-state index is 13.5. The minimum Gasteiger partial charge on any atom is -0.325 e. The molecule has 7 nitrogen and oxygen atoms in total. The smallest absolute Gasteiger partial charge is 0.163 e. The van der Waals surface area contributed by atoms with Crippen molar-refractivity contribution in [3.05, 3.63) is 23.7 Å². The van der Waals surface area contributed by atoms with E-state index in [1.807, 2.05) is 12.3 Å². The minimum atomic E-state index is -0.197. The lowest BCUT2D eigenvalue weighted by molar-refractivity contribution is -0.146. The minimum absolute atomic E-state index is 0.197. The van der Waals surface area contributed by atoms with Gasteiger partial charge in [-0.2, -0.15) is 0 Å². The first-order chi connectivity index (χ1) is 14.9. The van der Waals surface area contributed by atoms with Crippen LogP contribution in [0.15, 0.2) is 18.0 Å². The molecule has 1 aromatic heterocycles. The number of hydroxylamine groups is 1. The Morgan fingerprint density at radius 1 is 1.23 bits per heavy atom. The quantitative estimate of drug-likeness (QED) is 0.534. The van der Waals surface area contributed by atoms with E-state index in [4.69, 9.17) is 10.6 Å². The molecule has 0 spiro atoms. The van der Waals surface area contributed by atoms with Crippen molar-refractivity contribution in [2.24, 2.45) is 40.2 Å². The van der Waals surface area contributed by atoms with Gasteiger partial charge in [0.05, 0.1) is 18.8 Å². The van der Waals surface area contributed by atoms with Gasteiger partial charge in [0.25, 0.3) is 0 Å². The van der Waals surface area contributed by atoms with Crippen molar-refractivity contribution in [1.29, 1.82) is 0 Å². The molecule has 4 unspecified atom stereocenters. The fourth-order valence-electron chi connectivity index (χ4n) is 7.66. The second-order valence-corrected chi connectivity index (χ2v) is 10.9. The first-order valence-corrected chi connectivity index (χ1v) is 12.2. The van der Waals surface area contributed by atoms with Gasteiger partial charge in [0.15, 0.2) is 5.78 Å². The van der Waals surface area contributed by atoms with E-state index >= 15 is 0 Å². The molecule has 1 aromatic rings. The van der Waals surface area contributed by atoms with Gasteiger partial charge in [0.1, 0.15) is 0 Å². The second-order valence-electron chi connectivity index (χ2n) is 10.9. The Hall–Kier alpha value is -1.73. The third-order valence-corrected chi connectivity index (χ3v) is 9.41. The number of ketones is 1. The molecule has 3 fully saturated rings. The molecule has 0 aromatic carbocycles. The highest BCUT2D eigenvalue weighted by molar-refractivity contribution is 5.96. The van der Waals surface area contributed by atoms with Crippen LogP contribution in [-0.2, 0) is 22.7 Å². The summed E-state index contributed by atoms with van der Waals surface area (Å²) in [6, 6.07) is 0. The molecule has 6 atom stereocenters. The van der Waals surface area contributed by atoms with E-state index < -0.39 is 0 Å². The van der Waals surface area contributed by atoms with E-state index in [0.29, 0.717) is 42.7 Å². The summed E-state index contributed by atoms with van der Waals surface area (Å²) in [6.45, 7) is 6.23. The second kappa shape index (κ2) is 8.00. The van der Waals surface area contributed by atoms with Crippen LogP contribution in [0.2, 0.25) is 0 Å². The van der Waals surface area contributed by atoms with E-state index in [-0.39, 0.29) is 5.41 Å². The summed E-state index contributed by atoms with van der Waals surface area (Å²) in [6.07, 6.45) is 13.7. The van der Waals surface area contributed by atoms with Crippen LogP contribution in [-0.4, -0.2) is 27.4 Å². The number of aromatic nitrogens is 3. The van der Waals surface area contributed by atoms with Crippen LogP contribution in [0.4, 0.5) is 0 Å². The molecule has 31 heavy (non-hydrogen) atoms. The van der Waals surface area contributed by atoms with Crippen LogP contribution in [0, 0.1) is 34.5 Å².